The number of hydrogen-bond acceptors (Lipinski definition) is 5. The molecule has 4 nitrogen and oxygen atoms in total. The zero-order valence-corrected chi connectivity index (χ0v) is 8.21. The van der Waals surface area contributed by atoms with E-state index in [0.29, 0.717) is 30.1 Å². The third kappa shape index (κ3) is 1.62. The third-order valence-electron chi connectivity index (χ3n) is 2.14. The van der Waals surface area contributed by atoms with Crippen molar-refractivity contribution in [2.24, 2.45) is 0 Å². The topological polar surface area (TPSA) is 66.0 Å². The average Bonchev–Trinajstić information content (AvgIpc) is 2.85. The number of rotatable bonds is 1. The van der Waals surface area contributed by atoms with Gasteiger partial charge in [0.25, 0.3) is 0 Å². The predicted molar refractivity (Wildman–Crippen MR) is 49.9 cm³/mol. The second-order valence-corrected chi connectivity index (χ2v) is 4.25. The summed E-state index contributed by atoms with van der Waals surface area (Å²) in [7, 11) is 0. The first-order valence-electron chi connectivity index (χ1n) is 4.28. The maximum Gasteiger partial charge on any atom is 0.170 e. The first kappa shape index (κ1) is 9.54. The van der Waals surface area contributed by atoms with Crippen molar-refractivity contribution in [1.82, 2.24) is 0 Å². The van der Waals surface area contributed by atoms with Crippen LogP contribution in [0.1, 0.15) is 6.42 Å². The van der Waals surface area contributed by atoms with E-state index in [2.05, 4.69) is 0 Å². The Morgan fingerprint density at radius 3 is 2.43 bits per heavy atom. The number of allylic oxidation sites excluding steroid dienone is 2. The van der Waals surface area contributed by atoms with Crippen LogP contribution in [0.3, 0.4) is 0 Å². The molecule has 0 aromatic carbocycles. The summed E-state index contributed by atoms with van der Waals surface area (Å²) in [6.07, 6.45) is 0.323. The summed E-state index contributed by atoms with van der Waals surface area (Å²) >= 11 is 1.39. The van der Waals surface area contributed by atoms with E-state index in [1.54, 1.807) is 0 Å². The largest absolute Gasteiger partial charge is 0.349 e. The number of thioether (sulfide) groups is 1. The average molecular weight is 208 g/mol. The van der Waals surface area contributed by atoms with Gasteiger partial charge in [0.15, 0.2) is 6.29 Å². The van der Waals surface area contributed by atoms with Crippen LogP contribution < -0.4 is 0 Å². The normalized spacial score (nSPS) is 27.7. The fourth-order valence-corrected chi connectivity index (χ4v) is 2.64. The Morgan fingerprint density at radius 1 is 1.21 bits per heavy atom. The van der Waals surface area contributed by atoms with Crippen LogP contribution in [0.2, 0.25) is 0 Å². The van der Waals surface area contributed by atoms with Gasteiger partial charge in [-0.2, -0.15) is 10.5 Å². The molecule has 2 aliphatic rings. The van der Waals surface area contributed by atoms with E-state index < -0.39 is 0 Å². The van der Waals surface area contributed by atoms with E-state index in [-0.39, 0.29) is 11.5 Å². The van der Waals surface area contributed by atoms with Crippen LogP contribution in [-0.2, 0) is 9.47 Å². The number of hydrogen-bond donors (Lipinski definition) is 0. The van der Waals surface area contributed by atoms with Crippen molar-refractivity contribution >= 4 is 11.8 Å². The van der Waals surface area contributed by atoms with Crippen molar-refractivity contribution in [1.29, 1.82) is 10.5 Å². The van der Waals surface area contributed by atoms with Crippen molar-refractivity contribution in [2.45, 2.75) is 18.0 Å². The highest BCUT2D eigenvalue weighted by Crippen LogP contribution is 2.40. The zero-order valence-electron chi connectivity index (χ0n) is 7.40. The number of nitriles is 2. The Morgan fingerprint density at radius 2 is 1.93 bits per heavy atom. The van der Waals surface area contributed by atoms with E-state index in [1.807, 2.05) is 12.1 Å². The molecule has 14 heavy (non-hydrogen) atoms. The fraction of sp³-hybridized carbons (Fsp3) is 0.556. The molecule has 0 radical (unpaired) electrons. The smallest absolute Gasteiger partial charge is 0.170 e. The molecule has 0 aromatic rings. The monoisotopic (exact) mass is 208 g/mol. The predicted octanol–water partition coefficient (Wildman–Crippen LogP) is 1.17. The molecule has 2 aliphatic heterocycles. The van der Waals surface area contributed by atoms with Crippen LogP contribution >= 0.6 is 11.8 Å². The minimum absolute atomic E-state index is 0.0711. The van der Waals surface area contributed by atoms with Crippen molar-refractivity contribution in [3.05, 3.63) is 10.5 Å². The SMILES string of the molecule is N#CC1=C(C#N)SC(C2OCCO2)C1. The maximum atomic E-state index is 8.77. The van der Waals surface area contributed by atoms with E-state index >= 15 is 0 Å². The summed E-state index contributed by atoms with van der Waals surface area (Å²) in [6, 6.07) is 4.07. The number of ether oxygens (including phenoxy) is 2. The van der Waals surface area contributed by atoms with Gasteiger partial charge in [0.05, 0.1) is 35.0 Å². The van der Waals surface area contributed by atoms with Crippen molar-refractivity contribution in [3.8, 4) is 12.1 Å². The first-order valence-corrected chi connectivity index (χ1v) is 5.16. The molecular formula is C9H8N2O2S. The lowest BCUT2D eigenvalue weighted by molar-refractivity contribution is -0.0408. The van der Waals surface area contributed by atoms with Gasteiger partial charge in [-0.25, -0.2) is 0 Å². The fourth-order valence-electron chi connectivity index (χ4n) is 1.49. The summed E-state index contributed by atoms with van der Waals surface area (Å²) in [5.41, 5.74) is 0.557. The molecule has 0 aromatic heterocycles. The Hall–Kier alpha value is -1.01. The van der Waals surface area contributed by atoms with E-state index in [9.17, 15) is 0 Å². The highest BCUT2D eigenvalue weighted by atomic mass is 32.2. The van der Waals surface area contributed by atoms with Crippen molar-refractivity contribution < 1.29 is 9.47 Å². The molecule has 0 saturated carbocycles. The van der Waals surface area contributed by atoms with Gasteiger partial charge in [-0.1, -0.05) is 0 Å². The lowest BCUT2D eigenvalue weighted by atomic mass is 10.1. The van der Waals surface area contributed by atoms with Gasteiger partial charge in [-0.05, 0) is 0 Å². The summed E-state index contributed by atoms with van der Waals surface area (Å²) in [4.78, 5) is 0.511. The Balaban J connectivity index is 2.04. The van der Waals surface area contributed by atoms with Crippen LogP contribution in [0.4, 0.5) is 0 Å². The van der Waals surface area contributed by atoms with Crippen molar-refractivity contribution in [2.75, 3.05) is 13.2 Å². The standard InChI is InChI=1S/C9H8N2O2S/c10-4-6-3-7(14-8(6)5-11)9-12-1-2-13-9/h7,9H,1-3H2. The molecule has 0 spiro atoms. The Bertz CT molecular complexity index is 321. The number of nitrogens with zero attached hydrogens (tertiary/aromatic N) is 2. The molecule has 72 valence electrons. The van der Waals surface area contributed by atoms with Crippen molar-refractivity contribution in [3.63, 3.8) is 0 Å². The molecule has 1 fully saturated rings. The summed E-state index contributed by atoms with van der Waals surface area (Å²) in [5.74, 6) is 0. The zero-order chi connectivity index (χ0) is 9.97. The van der Waals surface area contributed by atoms with Gasteiger partial charge in [-0.15, -0.1) is 11.8 Å². The highest BCUT2D eigenvalue weighted by Gasteiger charge is 2.34. The summed E-state index contributed by atoms with van der Waals surface area (Å²) in [6.45, 7) is 1.21. The van der Waals surface area contributed by atoms with Gasteiger partial charge in [-0.3, -0.25) is 0 Å². The Labute approximate surface area is 86.1 Å². The quantitative estimate of drug-likeness (QED) is 0.647. The molecule has 1 unspecified atom stereocenters. The Kier molecular flexibility index (Phi) is 2.74. The van der Waals surface area contributed by atoms with E-state index in [1.165, 1.54) is 11.8 Å². The first-order chi connectivity index (χ1) is 6.85. The van der Waals surface area contributed by atoms with Gasteiger partial charge < -0.3 is 9.47 Å². The maximum absolute atomic E-state index is 8.77. The molecule has 1 atom stereocenters. The molecule has 2 rings (SSSR count). The molecule has 0 bridgehead atoms. The lowest BCUT2D eigenvalue weighted by Crippen LogP contribution is -2.22. The van der Waals surface area contributed by atoms with Crippen LogP contribution in [-0.4, -0.2) is 24.8 Å². The molecule has 0 amide bonds. The minimum Gasteiger partial charge on any atom is -0.349 e. The van der Waals surface area contributed by atoms with Gasteiger partial charge in [0.1, 0.15) is 6.07 Å². The highest BCUT2D eigenvalue weighted by molar-refractivity contribution is 8.04. The van der Waals surface area contributed by atoms with E-state index in [0.717, 1.165) is 0 Å². The lowest BCUT2D eigenvalue weighted by Gasteiger charge is -2.15. The molecule has 0 N–H and O–H groups in total. The molecule has 5 heteroatoms. The summed E-state index contributed by atoms with van der Waals surface area (Å²) < 4.78 is 10.7. The second-order valence-electron chi connectivity index (χ2n) is 3.00. The molecule has 0 aliphatic carbocycles. The van der Waals surface area contributed by atoms with Crippen LogP contribution in [0.5, 0.6) is 0 Å². The van der Waals surface area contributed by atoms with Gasteiger partial charge in [0, 0.05) is 6.42 Å². The van der Waals surface area contributed by atoms with Gasteiger partial charge >= 0.3 is 0 Å². The molecule has 2 heterocycles. The van der Waals surface area contributed by atoms with E-state index in [4.69, 9.17) is 20.0 Å². The van der Waals surface area contributed by atoms with Crippen LogP contribution in [0.25, 0.3) is 0 Å². The van der Waals surface area contributed by atoms with Crippen LogP contribution in [0.15, 0.2) is 10.5 Å². The third-order valence-corrected chi connectivity index (χ3v) is 3.40. The minimum atomic E-state index is -0.255. The molecular weight excluding hydrogens is 200 g/mol. The second kappa shape index (κ2) is 4.02. The van der Waals surface area contributed by atoms with Crippen LogP contribution in [0, 0.1) is 22.7 Å². The molecule has 1 saturated heterocycles. The van der Waals surface area contributed by atoms with Gasteiger partial charge in [0.2, 0.25) is 0 Å². The summed E-state index contributed by atoms with van der Waals surface area (Å²) in [5, 5.41) is 17.6.